The molecule has 0 saturated heterocycles. The van der Waals surface area contributed by atoms with E-state index in [1.807, 2.05) is 12.1 Å². The second kappa shape index (κ2) is 3.71. The predicted molar refractivity (Wildman–Crippen MR) is 66.0 cm³/mol. The van der Waals surface area contributed by atoms with Gasteiger partial charge in [0.1, 0.15) is 6.07 Å². The zero-order valence-electron chi connectivity index (χ0n) is 9.75. The lowest BCUT2D eigenvalue weighted by Gasteiger charge is -2.28. The van der Waals surface area contributed by atoms with Crippen LogP contribution >= 0.6 is 0 Å². The van der Waals surface area contributed by atoms with Crippen LogP contribution in [0.15, 0.2) is 18.2 Å². The number of hydrogen-bond donors (Lipinski definition) is 2. The summed E-state index contributed by atoms with van der Waals surface area (Å²) in [5, 5.41) is 12.4. The van der Waals surface area contributed by atoms with Crippen molar-refractivity contribution in [2.24, 2.45) is 5.92 Å². The van der Waals surface area contributed by atoms with Gasteiger partial charge in [0.15, 0.2) is 0 Å². The Labute approximate surface area is 96.3 Å². The second-order valence-corrected chi connectivity index (χ2v) is 5.00. The zero-order valence-corrected chi connectivity index (χ0v) is 9.75. The number of nitrogens with one attached hydrogen (secondary N) is 1. The van der Waals surface area contributed by atoms with Gasteiger partial charge in [-0.05, 0) is 44.7 Å². The fraction of sp³-hybridized carbons (Fsp3) is 0.462. The summed E-state index contributed by atoms with van der Waals surface area (Å²) in [6.45, 7) is 4.37. The van der Waals surface area contributed by atoms with E-state index in [0.717, 1.165) is 11.6 Å². The number of rotatable bonds is 3. The van der Waals surface area contributed by atoms with Crippen molar-refractivity contribution in [1.82, 2.24) is 0 Å². The third-order valence-corrected chi connectivity index (χ3v) is 3.28. The number of hydrogen-bond acceptors (Lipinski definition) is 3. The minimum atomic E-state index is 0.0577. The number of nitrogen functional groups attached to an aromatic ring is 1. The lowest BCUT2D eigenvalue weighted by molar-refractivity contribution is 0.495. The molecule has 0 amide bonds. The average molecular weight is 215 g/mol. The van der Waals surface area contributed by atoms with Gasteiger partial charge in [-0.2, -0.15) is 5.26 Å². The normalized spacial score (nSPS) is 15.6. The van der Waals surface area contributed by atoms with Crippen LogP contribution in [0.5, 0.6) is 0 Å². The van der Waals surface area contributed by atoms with E-state index in [1.165, 1.54) is 12.8 Å². The SMILES string of the molecule is CC(C)(Nc1cccc(C#N)c1N)C1CC1. The molecule has 1 aromatic carbocycles. The van der Waals surface area contributed by atoms with Crippen molar-refractivity contribution in [1.29, 1.82) is 5.26 Å². The minimum absolute atomic E-state index is 0.0577. The summed E-state index contributed by atoms with van der Waals surface area (Å²) >= 11 is 0. The van der Waals surface area contributed by atoms with Crippen molar-refractivity contribution < 1.29 is 0 Å². The van der Waals surface area contributed by atoms with Gasteiger partial charge in [0, 0.05) is 5.54 Å². The first-order valence-electron chi connectivity index (χ1n) is 5.61. The Bertz CT molecular complexity index is 439. The largest absolute Gasteiger partial charge is 0.396 e. The lowest BCUT2D eigenvalue weighted by Crippen LogP contribution is -2.33. The highest BCUT2D eigenvalue weighted by Crippen LogP contribution is 2.41. The number of nitrogens with zero attached hydrogens (tertiary/aromatic N) is 1. The topological polar surface area (TPSA) is 61.8 Å². The molecule has 0 atom stereocenters. The smallest absolute Gasteiger partial charge is 0.101 e. The van der Waals surface area contributed by atoms with E-state index in [-0.39, 0.29) is 5.54 Å². The predicted octanol–water partition coefficient (Wildman–Crippen LogP) is 2.74. The van der Waals surface area contributed by atoms with Crippen molar-refractivity contribution in [3.63, 3.8) is 0 Å². The average Bonchev–Trinajstić information content (AvgIpc) is 3.04. The summed E-state index contributed by atoms with van der Waals surface area (Å²) in [5.74, 6) is 0.720. The van der Waals surface area contributed by atoms with Crippen LogP contribution in [0.3, 0.4) is 0 Å². The Morgan fingerprint density at radius 1 is 1.44 bits per heavy atom. The number of nitriles is 1. The molecule has 0 unspecified atom stereocenters. The number of nitrogens with two attached hydrogens (primary N) is 1. The highest BCUT2D eigenvalue weighted by Gasteiger charge is 2.37. The van der Waals surface area contributed by atoms with Crippen LogP contribution in [-0.2, 0) is 0 Å². The fourth-order valence-electron chi connectivity index (χ4n) is 2.03. The first kappa shape index (κ1) is 10.8. The Morgan fingerprint density at radius 3 is 2.69 bits per heavy atom. The van der Waals surface area contributed by atoms with Crippen LogP contribution in [0.4, 0.5) is 11.4 Å². The highest BCUT2D eigenvalue weighted by molar-refractivity contribution is 5.73. The number of benzene rings is 1. The van der Waals surface area contributed by atoms with Gasteiger partial charge in [-0.1, -0.05) is 6.07 Å². The van der Waals surface area contributed by atoms with E-state index >= 15 is 0 Å². The van der Waals surface area contributed by atoms with Crippen LogP contribution in [0.2, 0.25) is 0 Å². The molecule has 0 spiro atoms. The van der Waals surface area contributed by atoms with Crippen LogP contribution in [-0.4, -0.2) is 5.54 Å². The summed E-state index contributed by atoms with van der Waals surface area (Å²) in [5.41, 5.74) is 7.96. The third kappa shape index (κ3) is 1.96. The van der Waals surface area contributed by atoms with Crippen molar-refractivity contribution >= 4 is 11.4 Å². The molecule has 2 rings (SSSR count). The fourth-order valence-corrected chi connectivity index (χ4v) is 2.03. The molecule has 0 bridgehead atoms. The maximum absolute atomic E-state index is 8.90. The quantitative estimate of drug-likeness (QED) is 0.762. The van der Waals surface area contributed by atoms with Crippen molar-refractivity contribution in [2.75, 3.05) is 11.1 Å². The minimum Gasteiger partial charge on any atom is -0.396 e. The van der Waals surface area contributed by atoms with Crippen molar-refractivity contribution in [2.45, 2.75) is 32.2 Å². The summed E-state index contributed by atoms with van der Waals surface area (Å²) in [4.78, 5) is 0. The Hall–Kier alpha value is -1.69. The molecule has 3 N–H and O–H groups in total. The van der Waals surface area contributed by atoms with Gasteiger partial charge in [-0.25, -0.2) is 0 Å². The molecular formula is C13H17N3. The molecule has 0 radical (unpaired) electrons. The van der Waals surface area contributed by atoms with E-state index in [9.17, 15) is 0 Å². The first-order valence-corrected chi connectivity index (χ1v) is 5.61. The van der Waals surface area contributed by atoms with Gasteiger partial charge >= 0.3 is 0 Å². The van der Waals surface area contributed by atoms with Crippen LogP contribution < -0.4 is 11.1 Å². The first-order chi connectivity index (χ1) is 7.54. The van der Waals surface area contributed by atoms with E-state index in [1.54, 1.807) is 6.07 Å². The number of anilines is 2. The van der Waals surface area contributed by atoms with E-state index < -0.39 is 0 Å². The maximum atomic E-state index is 8.90. The molecule has 1 aliphatic rings. The van der Waals surface area contributed by atoms with Gasteiger partial charge in [-0.15, -0.1) is 0 Å². The van der Waals surface area contributed by atoms with Crippen molar-refractivity contribution in [3.05, 3.63) is 23.8 Å². The summed E-state index contributed by atoms with van der Waals surface area (Å²) in [6.07, 6.45) is 2.55. The molecule has 0 heterocycles. The Balaban J connectivity index is 2.25. The standard InChI is InChI=1S/C13H17N3/c1-13(2,10-6-7-10)16-11-5-3-4-9(8-14)12(11)15/h3-5,10,16H,6-7,15H2,1-2H3. The van der Waals surface area contributed by atoms with E-state index in [0.29, 0.717) is 11.3 Å². The van der Waals surface area contributed by atoms with Gasteiger partial charge < -0.3 is 11.1 Å². The monoisotopic (exact) mass is 215 g/mol. The second-order valence-electron chi connectivity index (χ2n) is 5.00. The van der Waals surface area contributed by atoms with Gasteiger partial charge in [0.2, 0.25) is 0 Å². The molecule has 3 nitrogen and oxygen atoms in total. The third-order valence-electron chi connectivity index (χ3n) is 3.28. The van der Waals surface area contributed by atoms with Crippen LogP contribution in [0.1, 0.15) is 32.3 Å². The molecule has 1 aromatic rings. The molecule has 16 heavy (non-hydrogen) atoms. The van der Waals surface area contributed by atoms with Crippen molar-refractivity contribution in [3.8, 4) is 6.07 Å². The van der Waals surface area contributed by atoms with Crippen LogP contribution in [0.25, 0.3) is 0 Å². The zero-order chi connectivity index (χ0) is 11.8. The van der Waals surface area contributed by atoms with Crippen LogP contribution in [0, 0.1) is 17.2 Å². The molecular weight excluding hydrogens is 198 g/mol. The summed E-state index contributed by atoms with van der Waals surface area (Å²) < 4.78 is 0. The van der Waals surface area contributed by atoms with Gasteiger partial charge in [0.05, 0.1) is 16.9 Å². The molecule has 84 valence electrons. The van der Waals surface area contributed by atoms with Gasteiger partial charge in [-0.3, -0.25) is 0 Å². The molecule has 0 aromatic heterocycles. The Kier molecular flexibility index (Phi) is 2.51. The lowest BCUT2D eigenvalue weighted by atomic mass is 9.97. The number of para-hydroxylation sites is 1. The molecule has 0 aliphatic heterocycles. The molecule has 1 fully saturated rings. The Morgan fingerprint density at radius 2 is 2.12 bits per heavy atom. The molecule has 1 aliphatic carbocycles. The van der Waals surface area contributed by atoms with Gasteiger partial charge in [0.25, 0.3) is 0 Å². The van der Waals surface area contributed by atoms with E-state index in [2.05, 4.69) is 25.2 Å². The summed E-state index contributed by atoms with van der Waals surface area (Å²) in [7, 11) is 0. The summed E-state index contributed by atoms with van der Waals surface area (Å²) in [6, 6.07) is 7.63. The van der Waals surface area contributed by atoms with E-state index in [4.69, 9.17) is 11.0 Å². The molecule has 3 heteroatoms. The maximum Gasteiger partial charge on any atom is 0.101 e. The highest BCUT2D eigenvalue weighted by atomic mass is 15.0. The molecule has 1 saturated carbocycles.